The zero-order chi connectivity index (χ0) is 15.9. The van der Waals surface area contributed by atoms with E-state index in [0.29, 0.717) is 24.3 Å². The highest BCUT2D eigenvalue weighted by Crippen LogP contribution is 2.45. The van der Waals surface area contributed by atoms with Crippen molar-refractivity contribution in [1.82, 2.24) is 9.88 Å². The van der Waals surface area contributed by atoms with E-state index in [1.807, 2.05) is 17.0 Å². The Hall–Kier alpha value is -1.62. The van der Waals surface area contributed by atoms with Gasteiger partial charge in [-0.05, 0) is 43.2 Å². The highest BCUT2D eigenvalue weighted by Gasteiger charge is 2.56. The van der Waals surface area contributed by atoms with Gasteiger partial charge < -0.3 is 14.4 Å². The van der Waals surface area contributed by atoms with Crippen LogP contribution in [0.2, 0.25) is 0 Å². The summed E-state index contributed by atoms with van der Waals surface area (Å²) in [4.78, 5) is 18.3. The molecule has 4 rings (SSSR count). The Morgan fingerprint density at radius 2 is 2.35 bits per heavy atom. The molecule has 0 unspecified atom stereocenters. The SMILES string of the molecule is C[C@@H]1C[C@@H]1C(=O)N1CC2(C1)OCC[C@@H]2CCOc1cccnc1. The van der Waals surface area contributed by atoms with Crippen LogP contribution in [0.3, 0.4) is 0 Å². The summed E-state index contributed by atoms with van der Waals surface area (Å²) in [6.07, 6.45) is 6.58. The van der Waals surface area contributed by atoms with Crippen LogP contribution < -0.4 is 4.74 Å². The summed E-state index contributed by atoms with van der Waals surface area (Å²) >= 11 is 0. The lowest BCUT2D eigenvalue weighted by molar-refractivity contribution is -0.167. The number of rotatable bonds is 5. The predicted molar refractivity (Wildman–Crippen MR) is 85.0 cm³/mol. The second kappa shape index (κ2) is 5.78. The third-order valence-corrected chi connectivity index (χ3v) is 5.62. The maximum absolute atomic E-state index is 12.3. The normalized spacial score (nSPS) is 31.0. The summed E-state index contributed by atoms with van der Waals surface area (Å²) in [7, 11) is 0. The van der Waals surface area contributed by atoms with Crippen LogP contribution in [0.5, 0.6) is 5.75 Å². The number of nitrogens with zero attached hydrogens (tertiary/aromatic N) is 2. The summed E-state index contributed by atoms with van der Waals surface area (Å²) in [5, 5.41) is 0. The smallest absolute Gasteiger partial charge is 0.226 e. The Morgan fingerprint density at radius 3 is 3.04 bits per heavy atom. The first-order valence-electron chi connectivity index (χ1n) is 8.63. The number of carbonyl (C=O) groups is 1. The van der Waals surface area contributed by atoms with Crippen molar-refractivity contribution in [2.75, 3.05) is 26.3 Å². The molecule has 0 radical (unpaired) electrons. The third-order valence-electron chi connectivity index (χ3n) is 5.62. The molecule has 1 saturated carbocycles. The quantitative estimate of drug-likeness (QED) is 0.835. The molecule has 124 valence electrons. The number of amides is 1. The van der Waals surface area contributed by atoms with E-state index < -0.39 is 0 Å². The van der Waals surface area contributed by atoms with E-state index in [1.165, 1.54) is 0 Å². The van der Waals surface area contributed by atoms with Crippen LogP contribution in [-0.4, -0.2) is 47.7 Å². The van der Waals surface area contributed by atoms with Gasteiger partial charge in [0.1, 0.15) is 11.4 Å². The van der Waals surface area contributed by atoms with Crippen molar-refractivity contribution in [1.29, 1.82) is 0 Å². The molecular weight excluding hydrogens is 292 g/mol. The molecule has 0 bridgehead atoms. The molecular formula is C18H24N2O3. The van der Waals surface area contributed by atoms with Gasteiger partial charge in [-0.1, -0.05) is 6.92 Å². The van der Waals surface area contributed by atoms with Gasteiger partial charge in [-0.3, -0.25) is 9.78 Å². The molecule has 0 aromatic carbocycles. The fourth-order valence-corrected chi connectivity index (χ4v) is 3.95. The van der Waals surface area contributed by atoms with Crippen molar-refractivity contribution in [3.63, 3.8) is 0 Å². The fourth-order valence-electron chi connectivity index (χ4n) is 3.95. The zero-order valence-corrected chi connectivity index (χ0v) is 13.6. The second-order valence-electron chi connectivity index (χ2n) is 7.24. The molecule has 5 heteroatoms. The summed E-state index contributed by atoms with van der Waals surface area (Å²) in [6, 6.07) is 3.80. The Kier molecular flexibility index (Phi) is 3.76. The number of ether oxygens (including phenoxy) is 2. The van der Waals surface area contributed by atoms with E-state index in [9.17, 15) is 4.79 Å². The molecule has 23 heavy (non-hydrogen) atoms. The van der Waals surface area contributed by atoms with E-state index in [4.69, 9.17) is 9.47 Å². The third kappa shape index (κ3) is 2.82. The number of likely N-dealkylation sites (tertiary alicyclic amines) is 1. The van der Waals surface area contributed by atoms with Gasteiger partial charge in [-0.15, -0.1) is 0 Å². The van der Waals surface area contributed by atoms with Crippen LogP contribution in [0.25, 0.3) is 0 Å². The predicted octanol–water partition coefficient (Wildman–Crippen LogP) is 2.12. The van der Waals surface area contributed by atoms with E-state index in [2.05, 4.69) is 11.9 Å². The van der Waals surface area contributed by atoms with E-state index in [-0.39, 0.29) is 11.5 Å². The number of aromatic nitrogens is 1. The van der Waals surface area contributed by atoms with Crippen LogP contribution in [0.1, 0.15) is 26.2 Å². The first-order valence-corrected chi connectivity index (χ1v) is 8.63. The van der Waals surface area contributed by atoms with Crippen LogP contribution in [-0.2, 0) is 9.53 Å². The lowest BCUT2D eigenvalue weighted by atomic mass is 9.79. The monoisotopic (exact) mass is 316 g/mol. The second-order valence-corrected chi connectivity index (χ2v) is 7.24. The molecule has 1 amide bonds. The lowest BCUT2D eigenvalue weighted by Gasteiger charge is -2.50. The molecule has 3 aliphatic rings. The average Bonchev–Trinajstić information content (AvgIpc) is 3.10. The molecule has 1 aromatic heterocycles. The maximum atomic E-state index is 12.3. The Balaban J connectivity index is 1.27. The van der Waals surface area contributed by atoms with Gasteiger partial charge in [0.2, 0.25) is 5.91 Å². The Labute approximate surface area is 137 Å². The van der Waals surface area contributed by atoms with Crippen molar-refractivity contribution in [3.05, 3.63) is 24.5 Å². The minimum absolute atomic E-state index is 0.105. The van der Waals surface area contributed by atoms with Crippen molar-refractivity contribution < 1.29 is 14.3 Å². The summed E-state index contributed by atoms with van der Waals surface area (Å²) in [5.74, 6) is 2.49. The minimum Gasteiger partial charge on any atom is -0.492 e. The average molecular weight is 316 g/mol. The topological polar surface area (TPSA) is 51.7 Å². The minimum atomic E-state index is -0.105. The van der Waals surface area contributed by atoms with Gasteiger partial charge in [0, 0.05) is 18.7 Å². The van der Waals surface area contributed by atoms with E-state index in [1.54, 1.807) is 12.4 Å². The largest absolute Gasteiger partial charge is 0.492 e. The first kappa shape index (κ1) is 14.9. The van der Waals surface area contributed by atoms with Crippen molar-refractivity contribution in [2.24, 2.45) is 17.8 Å². The van der Waals surface area contributed by atoms with Crippen molar-refractivity contribution in [3.8, 4) is 5.75 Å². The van der Waals surface area contributed by atoms with Crippen LogP contribution in [0.15, 0.2) is 24.5 Å². The number of carbonyl (C=O) groups excluding carboxylic acids is 1. The molecule has 1 spiro atoms. The zero-order valence-electron chi connectivity index (χ0n) is 13.6. The fraction of sp³-hybridized carbons (Fsp3) is 0.667. The van der Waals surface area contributed by atoms with Crippen LogP contribution in [0.4, 0.5) is 0 Å². The molecule has 1 aliphatic carbocycles. The van der Waals surface area contributed by atoms with Crippen molar-refractivity contribution >= 4 is 5.91 Å². The highest BCUT2D eigenvalue weighted by molar-refractivity contribution is 5.82. The molecule has 2 aliphatic heterocycles. The Bertz CT molecular complexity index is 571. The number of hydrogen-bond donors (Lipinski definition) is 0. The van der Waals surface area contributed by atoms with E-state index in [0.717, 1.165) is 44.7 Å². The highest BCUT2D eigenvalue weighted by atomic mass is 16.5. The van der Waals surface area contributed by atoms with Crippen molar-refractivity contribution in [2.45, 2.75) is 31.8 Å². The van der Waals surface area contributed by atoms with E-state index >= 15 is 0 Å². The summed E-state index contributed by atoms with van der Waals surface area (Å²) < 4.78 is 11.8. The molecule has 5 nitrogen and oxygen atoms in total. The maximum Gasteiger partial charge on any atom is 0.226 e. The van der Waals surface area contributed by atoms with Gasteiger partial charge >= 0.3 is 0 Å². The molecule has 3 heterocycles. The molecule has 1 aromatic rings. The number of pyridine rings is 1. The number of hydrogen-bond acceptors (Lipinski definition) is 4. The van der Waals surface area contributed by atoms with Gasteiger partial charge in [0.05, 0.1) is 25.9 Å². The Morgan fingerprint density at radius 1 is 1.52 bits per heavy atom. The van der Waals surface area contributed by atoms with Crippen LogP contribution in [0, 0.1) is 17.8 Å². The molecule has 3 fully saturated rings. The van der Waals surface area contributed by atoms with Gasteiger partial charge in [0.15, 0.2) is 0 Å². The molecule has 0 N–H and O–H groups in total. The van der Waals surface area contributed by atoms with Gasteiger partial charge in [0.25, 0.3) is 0 Å². The molecule has 3 atom stereocenters. The standard InChI is InChI=1S/C18H24N2O3/c1-13-9-16(13)17(21)20-11-18(12-20)14(5-8-23-18)4-7-22-15-3-2-6-19-10-15/h2-3,6,10,13-14,16H,4-5,7-9,11-12H2,1H3/t13-,14+,16+/m1/s1. The summed E-state index contributed by atoms with van der Waals surface area (Å²) in [6.45, 7) is 5.18. The molecule has 2 saturated heterocycles. The van der Waals surface area contributed by atoms with Gasteiger partial charge in [-0.25, -0.2) is 0 Å². The summed E-state index contributed by atoms with van der Waals surface area (Å²) in [5.41, 5.74) is -0.105. The van der Waals surface area contributed by atoms with Gasteiger partial charge in [-0.2, -0.15) is 0 Å². The van der Waals surface area contributed by atoms with Crippen LogP contribution >= 0.6 is 0 Å². The lowest BCUT2D eigenvalue weighted by Crippen LogP contribution is -2.66. The first-order chi connectivity index (χ1) is 11.2.